The summed E-state index contributed by atoms with van der Waals surface area (Å²) in [4.78, 5) is 25.5. The number of nitrogens with zero attached hydrogens (tertiary/aromatic N) is 1. The van der Waals surface area contributed by atoms with Crippen LogP contribution >= 0.6 is 0 Å². The van der Waals surface area contributed by atoms with Crippen molar-refractivity contribution in [2.75, 3.05) is 0 Å². The third-order valence-electron chi connectivity index (χ3n) is 2.74. The van der Waals surface area contributed by atoms with Gasteiger partial charge in [-0.2, -0.15) is 0 Å². The molecule has 1 heterocycles. The fourth-order valence-corrected chi connectivity index (χ4v) is 1.80. The molecule has 1 aromatic heterocycles. The summed E-state index contributed by atoms with van der Waals surface area (Å²) < 4.78 is 0. The Balaban J connectivity index is 2.32. The lowest BCUT2D eigenvalue weighted by Gasteiger charge is -2.07. The van der Waals surface area contributed by atoms with Crippen LogP contribution in [-0.4, -0.2) is 17.3 Å². The highest BCUT2D eigenvalue weighted by Crippen LogP contribution is 2.23. The van der Waals surface area contributed by atoms with E-state index >= 15 is 0 Å². The van der Waals surface area contributed by atoms with E-state index in [9.17, 15) is 9.59 Å². The molecule has 0 aliphatic rings. The van der Waals surface area contributed by atoms with E-state index in [0.29, 0.717) is 18.5 Å². The second-order valence-electron chi connectivity index (χ2n) is 3.98. The van der Waals surface area contributed by atoms with E-state index in [4.69, 9.17) is 5.73 Å². The molecule has 5 nitrogen and oxygen atoms in total. The number of nitrogens with two attached hydrogens (primary N) is 1. The van der Waals surface area contributed by atoms with Crippen molar-refractivity contribution in [3.8, 4) is 11.1 Å². The molecule has 2 aromatic rings. The largest absolute Gasteiger partial charge is 0.366 e. The second kappa shape index (κ2) is 5.77. The Hall–Kier alpha value is -2.69. The Kier molecular flexibility index (Phi) is 3.87. The molecule has 2 rings (SSSR count). The monoisotopic (exact) mass is 255 g/mol. The van der Waals surface area contributed by atoms with E-state index in [0.717, 1.165) is 16.7 Å². The lowest BCUT2D eigenvalue weighted by atomic mass is 10.0. The first-order valence-corrected chi connectivity index (χ1v) is 5.72. The minimum Gasteiger partial charge on any atom is -0.366 e. The van der Waals surface area contributed by atoms with Gasteiger partial charge in [0.25, 0.3) is 5.91 Å². The quantitative estimate of drug-likeness (QED) is 0.784. The van der Waals surface area contributed by atoms with Gasteiger partial charge in [-0.05, 0) is 22.8 Å². The van der Waals surface area contributed by atoms with Crippen molar-refractivity contribution in [3.63, 3.8) is 0 Å². The molecule has 96 valence electrons. The maximum absolute atomic E-state index is 11.3. The molecule has 5 heteroatoms. The fraction of sp³-hybridized carbons (Fsp3) is 0.0714. The van der Waals surface area contributed by atoms with Crippen molar-refractivity contribution < 1.29 is 9.59 Å². The van der Waals surface area contributed by atoms with Crippen molar-refractivity contribution in [1.29, 1.82) is 0 Å². The number of hydrogen-bond acceptors (Lipinski definition) is 3. The van der Waals surface area contributed by atoms with E-state index in [1.54, 1.807) is 12.3 Å². The summed E-state index contributed by atoms with van der Waals surface area (Å²) in [5.74, 6) is -0.505. The zero-order valence-electron chi connectivity index (χ0n) is 10.2. The van der Waals surface area contributed by atoms with Gasteiger partial charge in [0, 0.05) is 18.9 Å². The van der Waals surface area contributed by atoms with Crippen molar-refractivity contribution >= 4 is 12.3 Å². The topological polar surface area (TPSA) is 85.1 Å². The highest BCUT2D eigenvalue weighted by atomic mass is 16.1. The van der Waals surface area contributed by atoms with E-state index < -0.39 is 5.91 Å². The van der Waals surface area contributed by atoms with Gasteiger partial charge in [-0.3, -0.25) is 14.6 Å². The molecule has 0 saturated heterocycles. The third-order valence-corrected chi connectivity index (χ3v) is 2.74. The predicted octanol–water partition coefficient (Wildman–Crippen LogP) is 1.09. The van der Waals surface area contributed by atoms with Crippen LogP contribution in [0, 0.1) is 0 Å². The van der Waals surface area contributed by atoms with E-state index in [1.165, 1.54) is 6.20 Å². The molecule has 0 unspecified atom stereocenters. The third kappa shape index (κ3) is 2.95. The highest BCUT2D eigenvalue weighted by Gasteiger charge is 2.09. The molecule has 0 saturated carbocycles. The van der Waals surface area contributed by atoms with Gasteiger partial charge in [0.2, 0.25) is 6.41 Å². The molecule has 3 N–H and O–H groups in total. The smallest absolute Gasteiger partial charge is 0.250 e. The maximum Gasteiger partial charge on any atom is 0.250 e. The molecule has 0 aliphatic carbocycles. The highest BCUT2D eigenvalue weighted by molar-refractivity contribution is 5.99. The van der Waals surface area contributed by atoms with Crippen LogP contribution in [0.2, 0.25) is 0 Å². The van der Waals surface area contributed by atoms with E-state index in [1.807, 2.05) is 24.3 Å². The van der Waals surface area contributed by atoms with Crippen LogP contribution in [0.25, 0.3) is 11.1 Å². The van der Waals surface area contributed by atoms with Crippen LogP contribution in [0.1, 0.15) is 15.9 Å². The number of hydrogen-bond donors (Lipinski definition) is 2. The minimum atomic E-state index is -0.505. The van der Waals surface area contributed by atoms with Gasteiger partial charge < -0.3 is 11.1 Å². The normalized spacial score (nSPS) is 9.89. The van der Waals surface area contributed by atoms with Crippen molar-refractivity contribution in [1.82, 2.24) is 10.3 Å². The first kappa shape index (κ1) is 12.8. The standard InChI is InChI=1S/C14H13N3O2/c15-14(19)13-8-16-6-5-12(13)11-3-1-10(2-4-11)7-17-9-18/h1-6,8-9H,7H2,(H2,15,19)(H,17,18). The lowest BCUT2D eigenvalue weighted by Crippen LogP contribution is -2.12. The molecule has 19 heavy (non-hydrogen) atoms. The number of carbonyl (C=O) groups is 2. The number of nitrogens with one attached hydrogen (secondary N) is 1. The molecular formula is C14H13N3O2. The first-order valence-electron chi connectivity index (χ1n) is 5.72. The molecule has 0 fully saturated rings. The molecule has 2 amide bonds. The molecule has 0 spiro atoms. The van der Waals surface area contributed by atoms with Crippen LogP contribution in [0.5, 0.6) is 0 Å². The average molecular weight is 255 g/mol. The molecule has 0 bridgehead atoms. The molecule has 0 radical (unpaired) electrons. The minimum absolute atomic E-state index is 0.390. The van der Waals surface area contributed by atoms with Crippen LogP contribution < -0.4 is 11.1 Å². The van der Waals surface area contributed by atoms with Crippen LogP contribution in [-0.2, 0) is 11.3 Å². The van der Waals surface area contributed by atoms with Gasteiger partial charge in [-0.1, -0.05) is 24.3 Å². The summed E-state index contributed by atoms with van der Waals surface area (Å²) in [7, 11) is 0. The molecule has 0 atom stereocenters. The van der Waals surface area contributed by atoms with Crippen molar-refractivity contribution in [2.45, 2.75) is 6.54 Å². The molecular weight excluding hydrogens is 242 g/mol. The zero-order valence-corrected chi connectivity index (χ0v) is 10.2. The number of carbonyl (C=O) groups excluding carboxylic acids is 2. The zero-order chi connectivity index (χ0) is 13.7. The van der Waals surface area contributed by atoms with Crippen molar-refractivity contribution in [3.05, 3.63) is 53.9 Å². The van der Waals surface area contributed by atoms with Gasteiger partial charge in [0.1, 0.15) is 0 Å². The summed E-state index contributed by atoms with van der Waals surface area (Å²) in [6, 6.07) is 9.28. The van der Waals surface area contributed by atoms with Crippen LogP contribution in [0.4, 0.5) is 0 Å². The number of primary amides is 1. The van der Waals surface area contributed by atoms with Gasteiger partial charge in [0.05, 0.1) is 5.56 Å². The average Bonchev–Trinajstić information content (AvgIpc) is 2.45. The summed E-state index contributed by atoms with van der Waals surface area (Å²) in [5.41, 5.74) is 8.32. The number of benzene rings is 1. The van der Waals surface area contributed by atoms with Crippen molar-refractivity contribution in [2.24, 2.45) is 5.73 Å². The van der Waals surface area contributed by atoms with Gasteiger partial charge >= 0.3 is 0 Å². The molecule has 1 aromatic carbocycles. The Bertz CT molecular complexity index is 594. The summed E-state index contributed by atoms with van der Waals surface area (Å²) in [6.45, 7) is 0.475. The fourth-order valence-electron chi connectivity index (χ4n) is 1.80. The Morgan fingerprint density at radius 2 is 2.00 bits per heavy atom. The Labute approximate surface area is 110 Å². The number of pyridine rings is 1. The SMILES string of the molecule is NC(=O)c1cnccc1-c1ccc(CNC=O)cc1. The number of rotatable bonds is 5. The Morgan fingerprint density at radius 3 is 2.63 bits per heavy atom. The molecule has 0 aliphatic heterocycles. The summed E-state index contributed by atoms with van der Waals surface area (Å²) in [6.07, 6.45) is 3.73. The van der Waals surface area contributed by atoms with E-state index in [-0.39, 0.29) is 0 Å². The van der Waals surface area contributed by atoms with Gasteiger partial charge in [-0.25, -0.2) is 0 Å². The van der Waals surface area contributed by atoms with Gasteiger partial charge in [0.15, 0.2) is 0 Å². The lowest BCUT2D eigenvalue weighted by molar-refractivity contribution is -0.109. The van der Waals surface area contributed by atoms with Crippen LogP contribution in [0.15, 0.2) is 42.7 Å². The number of amides is 2. The second-order valence-corrected chi connectivity index (χ2v) is 3.98. The van der Waals surface area contributed by atoms with E-state index in [2.05, 4.69) is 10.3 Å². The van der Waals surface area contributed by atoms with Crippen LogP contribution in [0.3, 0.4) is 0 Å². The Morgan fingerprint density at radius 1 is 1.26 bits per heavy atom. The summed E-state index contributed by atoms with van der Waals surface area (Å²) in [5, 5.41) is 2.59. The summed E-state index contributed by atoms with van der Waals surface area (Å²) >= 11 is 0. The first-order chi connectivity index (χ1) is 9.22. The predicted molar refractivity (Wildman–Crippen MR) is 71.1 cm³/mol. The number of aromatic nitrogens is 1. The maximum atomic E-state index is 11.3. The van der Waals surface area contributed by atoms with Gasteiger partial charge in [-0.15, -0.1) is 0 Å².